The number of anilines is 1. The molecule has 1 atom stereocenters. The zero-order chi connectivity index (χ0) is 14.2. The standard InChI is InChI=1S/C17H18N2O/c1-20-17-11-9-15(10-12-17)19-16(13-18)8-7-14-5-3-2-4-6-14/h2-6,9-12,16,19H,7-8H2,1H3. The number of nitrogens with zero attached hydrogens (tertiary/aromatic N) is 1. The van der Waals surface area contributed by atoms with Crippen LogP contribution in [0.15, 0.2) is 54.6 Å². The highest BCUT2D eigenvalue weighted by atomic mass is 16.5. The van der Waals surface area contributed by atoms with Crippen LogP contribution in [0.5, 0.6) is 5.75 Å². The molecule has 3 heteroatoms. The number of aryl methyl sites for hydroxylation is 1. The molecule has 2 rings (SSSR count). The van der Waals surface area contributed by atoms with Gasteiger partial charge in [-0.1, -0.05) is 30.3 Å². The maximum Gasteiger partial charge on any atom is 0.119 e. The van der Waals surface area contributed by atoms with E-state index in [-0.39, 0.29) is 6.04 Å². The van der Waals surface area contributed by atoms with Crippen LogP contribution in [-0.2, 0) is 6.42 Å². The van der Waals surface area contributed by atoms with Crippen LogP contribution in [0.25, 0.3) is 0 Å². The predicted octanol–water partition coefficient (Wildman–Crippen LogP) is 3.63. The Morgan fingerprint density at radius 3 is 2.40 bits per heavy atom. The average Bonchev–Trinajstić information content (AvgIpc) is 2.53. The molecule has 0 aromatic heterocycles. The van der Waals surface area contributed by atoms with Crippen molar-refractivity contribution in [3.05, 3.63) is 60.2 Å². The van der Waals surface area contributed by atoms with E-state index in [1.54, 1.807) is 7.11 Å². The van der Waals surface area contributed by atoms with Crippen LogP contribution < -0.4 is 10.1 Å². The maximum atomic E-state index is 9.23. The molecule has 0 heterocycles. The largest absolute Gasteiger partial charge is 0.497 e. The third-order valence-corrected chi connectivity index (χ3v) is 3.15. The van der Waals surface area contributed by atoms with E-state index in [0.717, 1.165) is 24.3 Å². The topological polar surface area (TPSA) is 45.0 Å². The van der Waals surface area contributed by atoms with Gasteiger partial charge >= 0.3 is 0 Å². The first-order valence-corrected chi connectivity index (χ1v) is 6.66. The van der Waals surface area contributed by atoms with Crippen molar-refractivity contribution in [2.24, 2.45) is 0 Å². The van der Waals surface area contributed by atoms with Gasteiger partial charge in [-0.3, -0.25) is 0 Å². The molecule has 3 nitrogen and oxygen atoms in total. The monoisotopic (exact) mass is 266 g/mol. The summed E-state index contributed by atoms with van der Waals surface area (Å²) in [7, 11) is 1.64. The van der Waals surface area contributed by atoms with Crippen LogP contribution in [0.4, 0.5) is 5.69 Å². The van der Waals surface area contributed by atoms with Gasteiger partial charge in [0.05, 0.1) is 13.2 Å². The van der Waals surface area contributed by atoms with Gasteiger partial charge in [0, 0.05) is 5.69 Å². The molecule has 0 spiro atoms. The van der Waals surface area contributed by atoms with E-state index >= 15 is 0 Å². The Kier molecular flexibility index (Phi) is 5.02. The molecular formula is C17H18N2O. The molecule has 0 bridgehead atoms. The summed E-state index contributed by atoms with van der Waals surface area (Å²) in [6.07, 6.45) is 1.68. The molecule has 0 amide bonds. The Morgan fingerprint density at radius 2 is 1.80 bits per heavy atom. The quantitative estimate of drug-likeness (QED) is 0.868. The number of nitriles is 1. The average molecular weight is 266 g/mol. The second-order valence-corrected chi connectivity index (χ2v) is 4.58. The number of hydrogen-bond acceptors (Lipinski definition) is 3. The van der Waals surface area contributed by atoms with Crippen molar-refractivity contribution in [1.29, 1.82) is 5.26 Å². The summed E-state index contributed by atoms with van der Waals surface area (Å²) in [5, 5.41) is 12.5. The minimum atomic E-state index is -0.191. The molecule has 20 heavy (non-hydrogen) atoms. The molecule has 0 saturated heterocycles. The lowest BCUT2D eigenvalue weighted by Gasteiger charge is -2.13. The van der Waals surface area contributed by atoms with Crippen molar-refractivity contribution >= 4 is 5.69 Å². The number of rotatable bonds is 6. The number of nitrogens with one attached hydrogen (secondary N) is 1. The van der Waals surface area contributed by atoms with Crippen molar-refractivity contribution in [3.8, 4) is 11.8 Å². The molecule has 2 aromatic carbocycles. The van der Waals surface area contributed by atoms with E-state index in [0.29, 0.717) is 0 Å². The van der Waals surface area contributed by atoms with Gasteiger partial charge in [-0.05, 0) is 42.7 Å². The first kappa shape index (κ1) is 14.0. The first-order chi connectivity index (χ1) is 9.81. The van der Waals surface area contributed by atoms with Gasteiger partial charge in [0.1, 0.15) is 11.8 Å². The highest BCUT2D eigenvalue weighted by Crippen LogP contribution is 2.17. The summed E-state index contributed by atoms with van der Waals surface area (Å²) in [6, 6.07) is 19.9. The molecule has 2 aromatic rings. The fourth-order valence-electron chi connectivity index (χ4n) is 2.01. The van der Waals surface area contributed by atoms with Gasteiger partial charge < -0.3 is 10.1 Å². The Morgan fingerprint density at radius 1 is 1.10 bits per heavy atom. The SMILES string of the molecule is COc1ccc(NC(C#N)CCc2ccccc2)cc1. The van der Waals surface area contributed by atoms with E-state index in [4.69, 9.17) is 4.74 Å². The van der Waals surface area contributed by atoms with E-state index in [1.165, 1.54) is 5.56 Å². The normalized spacial score (nSPS) is 11.4. The zero-order valence-electron chi connectivity index (χ0n) is 11.5. The van der Waals surface area contributed by atoms with Gasteiger partial charge in [-0.2, -0.15) is 5.26 Å². The lowest BCUT2D eigenvalue weighted by atomic mass is 10.1. The van der Waals surface area contributed by atoms with E-state index < -0.39 is 0 Å². The van der Waals surface area contributed by atoms with Crippen LogP contribution in [-0.4, -0.2) is 13.2 Å². The van der Waals surface area contributed by atoms with Crippen molar-refractivity contribution in [2.45, 2.75) is 18.9 Å². The van der Waals surface area contributed by atoms with E-state index in [9.17, 15) is 5.26 Å². The van der Waals surface area contributed by atoms with Crippen molar-refractivity contribution in [1.82, 2.24) is 0 Å². The number of hydrogen-bond donors (Lipinski definition) is 1. The highest BCUT2D eigenvalue weighted by molar-refractivity contribution is 5.48. The van der Waals surface area contributed by atoms with Crippen LogP contribution in [0, 0.1) is 11.3 Å². The van der Waals surface area contributed by atoms with Crippen LogP contribution in [0.2, 0.25) is 0 Å². The molecule has 0 radical (unpaired) electrons. The van der Waals surface area contributed by atoms with Gasteiger partial charge in [-0.25, -0.2) is 0 Å². The molecule has 0 fully saturated rings. The zero-order valence-corrected chi connectivity index (χ0v) is 11.5. The summed E-state index contributed by atoms with van der Waals surface area (Å²) in [5.41, 5.74) is 2.19. The molecule has 102 valence electrons. The smallest absolute Gasteiger partial charge is 0.119 e. The number of ether oxygens (including phenoxy) is 1. The van der Waals surface area contributed by atoms with Gasteiger partial charge in [0.25, 0.3) is 0 Å². The molecule has 1 N–H and O–H groups in total. The predicted molar refractivity (Wildman–Crippen MR) is 80.8 cm³/mol. The minimum Gasteiger partial charge on any atom is -0.497 e. The number of methoxy groups -OCH3 is 1. The fourth-order valence-corrected chi connectivity index (χ4v) is 2.01. The molecular weight excluding hydrogens is 248 g/mol. The summed E-state index contributed by atoms with van der Waals surface area (Å²) in [5.74, 6) is 0.813. The van der Waals surface area contributed by atoms with Crippen molar-refractivity contribution in [2.75, 3.05) is 12.4 Å². The maximum absolute atomic E-state index is 9.23. The molecule has 0 aliphatic carbocycles. The molecule has 0 aliphatic rings. The van der Waals surface area contributed by atoms with Crippen LogP contribution >= 0.6 is 0 Å². The third kappa shape index (κ3) is 4.03. The van der Waals surface area contributed by atoms with E-state index in [2.05, 4.69) is 23.5 Å². The summed E-state index contributed by atoms with van der Waals surface area (Å²) in [6.45, 7) is 0. The Hall–Kier alpha value is -2.47. The summed E-state index contributed by atoms with van der Waals surface area (Å²) in [4.78, 5) is 0. The summed E-state index contributed by atoms with van der Waals surface area (Å²) < 4.78 is 5.11. The Labute approximate surface area is 119 Å². The fraction of sp³-hybridized carbons (Fsp3) is 0.235. The number of benzene rings is 2. The Bertz CT molecular complexity index is 558. The highest BCUT2D eigenvalue weighted by Gasteiger charge is 2.07. The minimum absolute atomic E-state index is 0.191. The van der Waals surface area contributed by atoms with Crippen LogP contribution in [0.1, 0.15) is 12.0 Å². The van der Waals surface area contributed by atoms with Crippen LogP contribution in [0.3, 0.4) is 0 Å². The van der Waals surface area contributed by atoms with E-state index in [1.807, 2.05) is 42.5 Å². The molecule has 0 aliphatic heterocycles. The van der Waals surface area contributed by atoms with Gasteiger partial charge in [0.2, 0.25) is 0 Å². The second kappa shape index (κ2) is 7.20. The van der Waals surface area contributed by atoms with Crippen molar-refractivity contribution < 1.29 is 4.74 Å². The third-order valence-electron chi connectivity index (χ3n) is 3.15. The van der Waals surface area contributed by atoms with Crippen molar-refractivity contribution in [3.63, 3.8) is 0 Å². The van der Waals surface area contributed by atoms with Gasteiger partial charge in [-0.15, -0.1) is 0 Å². The first-order valence-electron chi connectivity index (χ1n) is 6.66. The lowest BCUT2D eigenvalue weighted by Crippen LogP contribution is -2.18. The van der Waals surface area contributed by atoms with Gasteiger partial charge in [0.15, 0.2) is 0 Å². The lowest BCUT2D eigenvalue weighted by molar-refractivity contribution is 0.415. The molecule has 1 unspecified atom stereocenters. The molecule has 0 saturated carbocycles. The second-order valence-electron chi connectivity index (χ2n) is 4.58. The summed E-state index contributed by atoms with van der Waals surface area (Å²) >= 11 is 0. The Balaban J connectivity index is 1.90.